The van der Waals surface area contributed by atoms with Gasteiger partial charge in [0, 0.05) is 18.6 Å². The molecule has 2 rings (SSSR count). The van der Waals surface area contributed by atoms with Gasteiger partial charge in [0.05, 0.1) is 0 Å². The SMILES string of the molecule is CC(c1ccccc1)N1C[C@@H](C)CC[C@@H]1C. The number of hydrogen-bond donors (Lipinski definition) is 0. The van der Waals surface area contributed by atoms with Gasteiger partial charge in [0.15, 0.2) is 0 Å². The number of piperidine rings is 1. The molecule has 1 aromatic rings. The fourth-order valence-corrected chi connectivity index (χ4v) is 2.79. The van der Waals surface area contributed by atoms with E-state index in [4.69, 9.17) is 0 Å². The van der Waals surface area contributed by atoms with Crippen molar-refractivity contribution in [3.05, 3.63) is 35.9 Å². The van der Waals surface area contributed by atoms with Gasteiger partial charge in [-0.05, 0) is 38.2 Å². The molecule has 0 saturated carbocycles. The zero-order valence-electron chi connectivity index (χ0n) is 10.7. The molecule has 0 aromatic heterocycles. The van der Waals surface area contributed by atoms with Crippen LogP contribution in [0.2, 0.25) is 0 Å². The standard InChI is InChI=1S/C15H23N/c1-12-9-10-13(2)16(11-12)14(3)15-7-5-4-6-8-15/h4-8,12-14H,9-11H2,1-3H3/t12-,13-,14?/m0/s1. The van der Waals surface area contributed by atoms with Crippen molar-refractivity contribution >= 4 is 0 Å². The number of nitrogens with zero attached hydrogens (tertiary/aromatic N) is 1. The van der Waals surface area contributed by atoms with Crippen LogP contribution in [0.25, 0.3) is 0 Å². The highest BCUT2D eigenvalue weighted by atomic mass is 15.2. The summed E-state index contributed by atoms with van der Waals surface area (Å²) in [7, 11) is 0. The van der Waals surface area contributed by atoms with Crippen LogP contribution in [0, 0.1) is 5.92 Å². The molecule has 1 aliphatic heterocycles. The summed E-state index contributed by atoms with van der Waals surface area (Å²) in [6.07, 6.45) is 2.73. The maximum Gasteiger partial charge on any atom is 0.0322 e. The van der Waals surface area contributed by atoms with Crippen LogP contribution >= 0.6 is 0 Å². The molecule has 0 N–H and O–H groups in total. The normalized spacial score (nSPS) is 28.9. The molecule has 16 heavy (non-hydrogen) atoms. The fourth-order valence-electron chi connectivity index (χ4n) is 2.79. The Morgan fingerprint density at radius 1 is 1.12 bits per heavy atom. The molecule has 0 amide bonds. The van der Waals surface area contributed by atoms with Gasteiger partial charge in [0.2, 0.25) is 0 Å². The van der Waals surface area contributed by atoms with Crippen molar-refractivity contribution in [2.75, 3.05) is 6.54 Å². The van der Waals surface area contributed by atoms with E-state index in [0.29, 0.717) is 6.04 Å². The van der Waals surface area contributed by atoms with Crippen molar-refractivity contribution in [3.63, 3.8) is 0 Å². The average Bonchev–Trinajstić information content (AvgIpc) is 2.32. The third-order valence-corrected chi connectivity index (χ3v) is 3.95. The number of hydrogen-bond acceptors (Lipinski definition) is 1. The van der Waals surface area contributed by atoms with Gasteiger partial charge in [-0.15, -0.1) is 0 Å². The Balaban J connectivity index is 2.11. The monoisotopic (exact) mass is 217 g/mol. The first-order valence-corrected chi connectivity index (χ1v) is 6.49. The number of likely N-dealkylation sites (tertiary alicyclic amines) is 1. The van der Waals surface area contributed by atoms with E-state index >= 15 is 0 Å². The maximum atomic E-state index is 2.66. The van der Waals surface area contributed by atoms with Gasteiger partial charge in [-0.1, -0.05) is 37.3 Å². The predicted molar refractivity (Wildman–Crippen MR) is 69.4 cm³/mol. The van der Waals surface area contributed by atoms with E-state index in [1.807, 2.05) is 0 Å². The molecule has 1 saturated heterocycles. The van der Waals surface area contributed by atoms with Crippen LogP contribution in [0.15, 0.2) is 30.3 Å². The molecule has 0 aliphatic carbocycles. The molecule has 0 radical (unpaired) electrons. The Hall–Kier alpha value is -0.820. The highest BCUT2D eigenvalue weighted by Gasteiger charge is 2.27. The van der Waals surface area contributed by atoms with Gasteiger partial charge in [-0.25, -0.2) is 0 Å². The molecule has 1 heteroatoms. The summed E-state index contributed by atoms with van der Waals surface area (Å²) in [4.78, 5) is 2.66. The van der Waals surface area contributed by atoms with E-state index in [1.165, 1.54) is 24.9 Å². The van der Waals surface area contributed by atoms with Crippen LogP contribution in [-0.2, 0) is 0 Å². The van der Waals surface area contributed by atoms with E-state index in [1.54, 1.807) is 0 Å². The summed E-state index contributed by atoms with van der Waals surface area (Å²) in [5.74, 6) is 0.849. The molecule has 1 aliphatic rings. The highest BCUT2D eigenvalue weighted by molar-refractivity contribution is 5.18. The van der Waals surface area contributed by atoms with E-state index in [0.717, 1.165) is 12.0 Å². The van der Waals surface area contributed by atoms with Gasteiger partial charge in [0.25, 0.3) is 0 Å². The molecular weight excluding hydrogens is 194 g/mol. The Kier molecular flexibility index (Phi) is 3.65. The van der Waals surface area contributed by atoms with Crippen LogP contribution in [0.1, 0.15) is 45.2 Å². The number of rotatable bonds is 2. The Labute approximate surface area is 99.5 Å². The van der Waals surface area contributed by atoms with E-state index in [9.17, 15) is 0 Å². The average molecular weight is 217 g/mol. The Morgan fingerprint density at radius 2 is 1.81 bits per heavy atom. The lowest BCUT2D eigenvalue weighted by Crippen LogP contribution is -2.42. The lowest BCUT2D eigenvalue weighted by Gasteiger charge is -2.41. The first kappa shape index (κ1) is 11.7. The van der Waals surface area contributed by atoms with Gasteiger partial charge in [-0.2, -0.15) is 0 Å². The molecule has 1 heterocycles. The molecule has 88 valence electrons. The maximum absolute atomic E-state index is 2.66. The third-order valence-electron chi connectivity index (χ3n) is 3.95. The van der Waals surface area contributed by atoms with Crippen molar-refractivity contribution in [2.24, 2.45) is 5.92 Å². The lowest BCUT2D eigenvalue weighted by molar-refractivity contribution is 0.0845. The first-order chi connectivity index (χ1) is 7.68. The van der Waals surface area contributed by atoms with E-state index in [2.05, 4.69) is 56.0 Å². The van der Waals surface area contributed by atoms with Crippen LogP contribution in [0.5, 0.6) is 0 Å². The zero-order valence-corrected chi connectivity index (χ0v) is 10.7. The van der Waals surface area contributed by atoms with Crippen molar-refractivity contribution in [1.29, 1.82) is 0 Å². The topological polar surface area (TPSA) is 3.24 Å². The summed E-state index contributed by atoms with van der Waals surface area (Å²) in [5, 5.41) is 0. The van der Waals surface area contributed by atoms with Gasteiger partial charge >= 0.3 is 0 Å². The summed E-state index contributed by atoms with van der Waals surface area (Å²) < 4.78 is 0. The molecule has 0 bridgehead atoms. The molecule has 1 fully saturated rings. The largest absolute Gasteiger partial charge is 0.294 e. The minimum atomic E-state index is 0.555. The van der Waals surface area contributed by atoms with Gasteiger partial charge in [0.1, 0.15) is 0 Å². The van der Waals surface area contributed by atoms with Crippen molar-refractivity contribution < 1.29 is 0 Å². The van der Waals surface area contributed by atoms with Gasteiger partial charge in [-0.3, -0.25) is 4.90 Å². The smallest absolute Gasteiger partial charge is 0.0322 e. The Morgan fingerprint density at radius 3 is 2.50 bits per heavy atom. The third kappa shape index (κ3) is 2.46. The number of benzene rings is 1. The van der Waals surface area contributed by atoms with Crippen molar-refractivity contribution in [3.8, 4) is 0 Å². The second-order valence-corrected chi connectivity index (χ2v) is 5.31. The van der Waals surface area contributed by atoms with Crippen molar-refractivity contribution in [1.82, 2.24) is 4.90 Å². The lowest BCUT2D eigenvalue weighted by atomic mass is 9.92. The first-order valence-electron chi connectivity index (χ1n) is 6.49. The van der Waals surface area contributed by atoms with Crippen LogP contribution in [0.4, 0.5) is 0 Å². The molecular formula is C15H23N. The minimum absolute atomic E-state index is 0.555. The van der Waals surface area contributed by atoms with Crippen LogP contribution in [0.3, 0.4) is 0 Å². The second-order valence-electron chi connectivity index (χ2n) is 5.31. The fraction of sp³-hybridized carbons (Fsp3) is 0.600. The highest BCUT2D eigenvalue weighted by Crippen LogP contribution is 2.30. The van der Waals surface area contributed by atoms with Gasteiger partial charge < -0.3 is 0 Å². The van der Waals surface area contributed by atoms with E-state index in [-0.39, 0.29) is 0 Å². The van der Waals surface area contributed by atoms with Crippen LogP contribution in [-0.4, -0.2) is 17.5 Å². The quantitative estimate of drug-likeness (QED) is 0.727. The summed E-state index contributed by atoms with van der Waals surface area (Å²) in [6.45, 7) is 8.32. The molecule has 0 spiro atoms. The second kappa shape index (κ2) is 5.01. The van der Waals surface area contributed by atoms with Crippen LogP contribution < -0.4 is 0 Å². The summed E-state index contributed by atoms with van der Waals surface area (Å²) in [6, 6.07) is 12.2. The Bertz CT molecular complexity index is 319. The minimum Gasteiger partial charge on any atom is -0.294 e. The molecule has 1 nitrogen and oxygen atoms in total. The van der Waals surface area contributed by atoms with Crippen molar-refractivity contribution in [2.45, 2.75) is 45.7 Å². The predicted octanol–water partition coefficient (Wildman–Crippen LogP) is 3.87. The van der Waals surface area contributed by atoms with E-state index < -0.39 is 0 Å². The molecule has 1 unspecified atom stereocenters. The molecule has 1 aromatic carbocycles. The molecule has 3 atom stereocenters. The summed E-state index contributed by atoms with van der Waals surface area (Å²) in [5.41, 5.74) is 1.45. The zero-order chi connectivity index (χ0) is 11.5. The summed E-state index contributed by atoms with van der Waals surface area (Å²) >= 11 is 0.